The van der Waals surface area contributed by atoms with Gasteiger partial charge in [0.1, 0.15) is 23.4 Å². The van der Waals surface area contributed by atoms with Gasteiger partial charge in [-0.05, 0) is 74.4 Å². The number of anilines is 1. The van der Waals surface area contributed by atoms with Crippen LogP contribution in [0.3, 0.4) is 0 Å². The standard InChI is InChI=1S/C29H27NO5/c1-17(2)34-23-12-10-22(11-13-23)30-26(19-7-5-4-6-8-19)25(28(32)29(30)33)27(31)20-9-14-24-21(16-20)15-18(3)35-24/h4-14,16-18,26,31H,15H2,1-3H3/b27-25-. The molecule has 1 amide bonds. The first kappa shape index (κ1) is 22.7. The Morgan fingerprint density at radius 3 is 2.43 bits per heavy atom. The molecule has 0 aliphatic carbocycles. The Hall–Kier alpha value is -4.06. The van der Waals surface area contributed by atoms with Gasteiger partial charge in [-0.15, -0.1) is 0 Å². The quantitative estimate of drug-likeness (QED) is 0.307. The maximum atomic E-state index is 13.3. The van der Waals surface area contributed by atoms with E-state index >= 15 is 0 Å². The molecule has 1 fully saturated rings. The highest BCUT2D eigenvalue weighted by atomic mass is 16.5. The number of carbonyl (C=O) groups excluding carboxylic acids is 2. The molecule has 2 heterocycles. The second-order valence-electron chi connectivity index (χ2n) is 9.20. The van der Waals surface area contributed by atoms with Crippen LogP contribution in [0.5, 0.6) is 11.5 Å². The highest BCUT2D eigenvalue weighted by Gasteiger charge is 2.47. The maximum Gasteiger partial charge on any atom is 0.300 e. The number of hydrogen-bond donors (Lipinski definition) is 1. The fourth-order valence-corrected chi connectivity index (χ4v) is 4.73. The summed E-state index contributed by atoms with van der Waals surface area (Å²) in [6.07, 6.45) is 0.789. The fourth-order valence-electron chi connectivity index (χ4n) is 4.73. The summed E-state index contributed by atoms with van der Waals surface area (Å²) in [6, 6.07) is 20.9. The average molecular weight is 470 g/mol. The molecule has 35 heavy (non-hydrogen) atoms. The predicted octanol–water partition coefficient (Wildman–Crippen LogP) is 5.42. The van der Waals surface area contributed by atoms with Crippen LogP contribution in [-0.4, -0.2) is 29.0 Å². The topological polar surface area (TPSA) is 76.1 Å². The minimum atomic E-state index is -0.767. The number of amides is 1. The molecular weight excluding hydrogens is 442 g/mol. The average Bonchev–Trinajstić information content (AvgIpc) is 3.35. The smallest absolute Gasteiger partial charge is 0.300 e. The first-order chi connectivity index (χ1) is 16.8. The SMILES string of the molecule is CC(C)Oc1ccc(N2C(=O)C(=O)/C(=C(\O)c3ccc4c(c3)CC(C)O4)C2c2ccccc2)cc1. The van der Waals surface area contributed by atoms with E-state index in [2.05, 4.69) is 0 Å². The number of fused-ring (bicyclic) bond motifs is 1. The molecule has 6 nitrogen and oxygen atoms in total. The molecule has 2 unspecified atom stereocenters. The minimum Gasteiger partial charge on any atom is -0.507 e. The number of carbonyl (C=O) groups is 2. The second-order valence-corrected chi connectivity index (χ2v) is 9.20. The van der Waals surface area contributed by atoms with Crippen LogP contribution < -0.4 is 14.4 Å². The van der Waals surface area contributed by atoms with Crippen LogP contribution in [0.15, 0.2) is 78.4 Å². The summed E-state index contributed by atoms with van der Waals surface area (Å²) in [5.74, 6) is -0.147. The number of ether oxygens (including phenoxy) is 2. The van der Waals surface area contributed by atoms with E-state index in [9.17, 15) is 14.7 Å². The largest absolute Gasteiger partial charge is 0.507 e. The molecule has 2 atom stereocenters. The third-order valence-corrected chi connectivity index (χ3v) is 6.22. The highest BCUT2D eigenvalue weighted by Crippen LogP contribution is 2.43. The molecule has 3 aromatic rings. The third kappa shape index (κ3) is 4.16. The van der Waals surface area contributed by atoms with Gasteiger partial charge in [-0.3, -0.25) is 14.5 Å². The Morgan fingerprint density at radius 2 is 1.74 bits per heavy atom. The Kier molecular flexibility index (Phi) is 5.81. The number of nitrogens with zero attached hydrogens (tertiary/aromatic N) is 1. The molecule has 2 aliphatic heterocycles. The Morgan fingerprint density at radius 1 is 1.03 bits per heavy atom. The van der Waals surface area contributed by atoms with Crippen LogP contribution in [0.4, 0.5) is 5.69 Å². The predicted molar refractivity (Wildman–Crippen MR) is 134 cm³/mol. The summed E-state index contributed by atoms with van der Waals surface area (Å²) < 4.78 is 11.5. The Bertz CT molecular complexity index is 1310. The first-order valence-corrected chi connectivity index (χ1v) is 11.8. The first-order valence-electron chi connectivity index (χ1n) is 11.8. The zero-order chi connectivity index (χ0) is 24.7. The van der Waals surface area contributed by atoms with E-state index in [1.807, 2.05) is 57.2 Å². The Labute approximate surface area is 204 Å². The van der Waals surface area contributed by atoms with E-state index in [0.29, 0.717) is 17.0 Å². The number of ketones is 1. The molecule has 1 N–H and O–H groups in total. The van der Waals surface area contributed by atoms with Crippen molar-refractivity contribution in [3.05, 3.63) is 95.1 Å². The van der Waals surface area contributed by atoms with E-state index in [1.165, 1.54) is 4.90 Å². The van der Waals surface area contributed by atoms with E-state index in [-0.39, 0.29) is 23.5 Å². The van der Waals surface area contributed by atoms with Crippen molar-refractivity contribution in [1.29, 1.82) is 0 Å². The molecule has 0 saturated carbocycles. The summed E-state index contributed by atoms with van der Waals surface area (Å²) in [6.45, 7) is 5.86. The van der Waals surface area contributed by atoms with Gasteiger partial charge in [0, 0.05) is 17.7 Å². The van der Waals surface area contributed by atoms with Crippen molar-refractivity contribution in [2.75, 3.05) is 4.90 Å². The van der Waals surface area contributed by atoms with Gasteiger partial charge in [-0.2, -0.15) is 0 Å². The van der Waals surface area contributed by atoms with Gasteiger partial charge in [0.25, 0.3) is 11.7 Å². The number of aliphatic hydroxyl groups is 1. The second kappa shape index (κ2) is 8.95. The number of hydrogen-bond acceptors (Lipinski definition) is 5. The van der Waals surface area contributed by atoms with Crippen molar-refractivity contribution in [2.45, 2.75) is 45.4 Å². The van der Waals surface area contributed by atoms with Crippen LogP contribution in [0.1, 0.15) is 43.5 Å². The molecule has 0 radical (unpaired) electrons. The van der Waals surface area contributed by atoms with Gasteiger partial charge in [-0.1, -0.05) is 30.3 Å². The van der Waals surface area contributed by atoms with Crippen LogP contribution >= 0.6 is 0 Å². The van der Waals surface area contributed by atoms with Crippen molar-refractivity contribution in [3.8, 4) is 11.5 Å². The molecule has 0 aromatic heterocycles. The van der Waals surface area contributed by atoms with E-state index in [0.717, 1.165) is 23.3 Å². The molecule has 0 bridgehead atoms. The van der Waals surface area contributed by atoms with Gasteiger partial charge in [-0.25, -0.2) is 0 Å². The summed E-state index contributed by atoms with van der Waals surface area (Å²) in [4.78, 5) is 28.1. The lowest BCUT2D eigenvalue weighted by molar-refractivity contribution is -0.132. The highest BCUT2D eigenvalue weighted by molar-refractivity contribution is 6.51. The van der Waals surface area contributed by atoms with E-state index in [4.69, 9.17) is 9.47 Å². The Balaban J connectivity index is 1.62. The minimum absolute atomic E-state index is 0.0140. The summed E-state index contributed by atoms with van der Waals surface area (Å²) in [7, 11) is 0. The zero-order valence-corrected chi connectivity index (χ0v) is 19.9. The zero-order valence-electron chi connectivity index (χ0n) is 19.9. The molecule has 5 rings (SSSR count). The van der Waals surface area contributed by atoms with Crippen LogP contribution in [-0.2, 0) is 16.0 Å². The maximum absolute atomic E-state index is 13.3. The van der Waals surface area contributed by atoms with Gasteiger partial charge >= 0.3 is 0 Å². The van der Waals surface area contributed by atoms with Gasteiger partial charge in [0.2, 0.25) is 0 Å². The van der Waals surface area contributed by atoms with Gasteiger partial charge in [0.05, 0.1) is 17.7 Å². The summed E-state index contributed by atoms with van der Waals surface area (Å²) in [5, 5.41) is 11.4. The lowest BCUT2D eigenvalue weighted by Gasteiger charge is -2.25. The van der Waals surface area contributed by atoms with E-state index in [1.54, 1.807) is 36.4 Å². The van der Waals surface area contributed by atoms with Crippen molar-refractivity contribution < 1.29 is 24.2 Å². The lowest BCUT2D eigenvalue weighted by atomic mass is 9.94. The summed E-state index contributed by atoms with van der Waals surface area (Å²) >= 11 is 0. The molecule has 0 spiro atoms. The molecule has 1 saturated heterocycles. The number of aliphatic hydroxyl groups excluding tert-OH is 1. The van der Waals surface area contributed by atoms with Crippen LogP contribution in [0.2, 0.25) is 0 Å². The molecule has 6 heteroatoms. The number of rotatable bonds is 5. The van der Waals surface area contributed by atoms with Gasteiger partial charge < -0.3 is 14.6 Å². The fraction of sp³-hybridized carbons (Fsp3) is 0.241. The van der Waals surface area contributed by atoms with Gasteiger partial charge in [0.15, 0.2) is 0 Å². The lowest BCUT2D eigenvalue weighted by Crippen LogP contribution is -2.29. The van der Waals surface area contributed by atoms with Crippen molar-refractivity contribution in [2.24, 2.45) is 0 Å². The van der Waals surface area contributed by atoms with Crippen molar-refractivity contribution >= 4 is 23.1 Å². The molecular formula is C29H27NO5. The van der Waals surface area contributed by atoms with Crippen molar-refractivity contribution in [1.82, 2.24) is 0 Å². The molecule has 178 valence electrons. The third-order valence-electron chi connectivity index (χ3n) is 6.22. The number of benzene rings is 3. The normalized spacial score (nSPS) is 20.7. The number of Topliss-reactive ketones (excluding diaryl/α,β-unsaturated/α-hetero) is 1. The molecule has 3 aromatic carbocycles. The van der Waals surface area contributed by atoms with Crippen LogP contribution in [0, 0.1) is 0 Å². The monoisotopic (exact) mass is 469 g/mol. The molecule has 2 aliphatic rings. The summed E-state index contributed by atoms with van der Waals surface area (Å²) in [5.41, 5.74) is 2.80. The van der Waals surface area contributed by atoms with Crippen LogP contribution in [0.25, 0.3) is 5.76 Å². The van der Waals surface area contributed by atoms with E-state index < -0.39 is 17.7 Å². The van der Waals surface area contributed by atoms with Crippen molar-refractivity contribution in [3.63, 3.8) is 0 Å².